The second kappa shape index (κ2) is 8.26. The summed E-state index contributed by atoms with van der Waals surface area (Å²) in [5.41, 5.74) is 2.83. The average Bonchev–Trinajstić information content (AvgIpc) is 3.25. The molecule has 0 spiro atoms. The van der Waals surface area contributed by atoms with Crippen LogP contribution < -0.4 is 0 Å². The maximum atomic E-state index is 13.3. The molecule has 0 bridgehead atoms. The summed E-state index contributed by atoms with van der Waals surface area (Å²) in [6.45, 7) is 4.03. The van der Waals surface area contributed by atoms with Gasteiger partial charge in [-0.25, -0.2) is 4.68 Å². The van der Waals surface area contributed by atoms with Gasteiger partial charge in [0.15, 0.2) is 0 Å². The SMILES string of the molecule is CCC(=O)N1CCN(C(=O)c2cn(-c3ccccc3)nc2-c2cccnc2)CC1. The molecular weight excluding hydrogens is 366 g/mol. The summed E-state index contributed by atoms with van der Waals surface area (Å²) in [6.07, 6.45) is 5.68. The molecule has 4 rings (SSSR count). The van der Waals surface area contributed by atoms with E-state index in [1.807, 2.05) is 54.3 Å². The third kappa shape index (κ3) is 3.89. The summed E-state index contributed by atoms with van der Waals surface area (Å²) in [4.78, 5) is 33.0. The highest BCUT2D eigenvalue weighted by Gasteiger charge is 2.27. The monoisotopic (exact) mass is 389 g/mol. The molecule has 7 heteroatoms. The van der Waals surface area contributed by atoms with Crippen molar-refractivity contribution in [3.8, 4) is 16.9 Å². The van der Waals surface area contributed by atoms with Gasteiger partial charge in [0, 0.05) is 56.8 Å². The number of pyridine rings is 1. The van der Waals surface area contributed by atoms with Crippen LogP contribution in [0.2, 0.25) is 0 Å². The van der Waals surface area contributed by atoms with Crippen molar-refractivity contribution in [1.82, 2.24) is 24.6 Å². The minimum Gasteiger partial charge on any atom is -0.339 e. The second-order valence-corrected chi connectivity index (χ2v) is 6.94. The quantitative estimate of drug-likeness (QED) is 0.688. The van der Waals surface area contributed by atoms with Gasteiger partial charge in [0.1, 0.15) is 5.69 Å². The number of aromatic nitrogens is 3. The Balaban J connectivity index is 1.65. The number of benzene rings is 1. The Morgan fingerprint density at radius 3 is 2.34 bits per heavy atom. The number of rotatable bonds is 4. The lowest BCUT2D eigenvalue weighted by Crippen LogP contribution is -2.50. The minimum atomic E-state index is -0.0744. The Labute approximate surface area is 169 Å². The van der Waals surface area contributed by atoms with Gasteiger partial charge in [0.05, 0.1) is 11.3 Å². The van der Waals surface area contributed by atoms with E-state index < -0.39 is 0 Å². The van der Waals surface area contributed by atoms with E-state index in [4.69, 9.17) is 0 Å². The van der Waals surface area contributed by atoms with Crippen LogP contribution in [0.5, 0.6) is 0 Å². The highest BCUT2D eigenvalue weighted by atomic mass is 16.2. The molecule has 3 aromatic rings. The van der Waals surface area contributed by atoms with Crippen LogP contribution in [0.1, 0.15) is 23.7 Å². The summed E-state index contributed by atoms with van der Waals surface area (Å²) in [6, 6.07) is 13.4. The molecule has 2 amide bonds. The van der Waals surface area contributed by atoms with Crippen LogP contribution in [0.4, 0.5) is 0 Å². The number of hydrogen-bond donors (Lipinski definition) is 0. The summed E-state index contributed by atoms with van der Waals surface area (Å²) in [7, 11) is 0. The maximum absolute atomic E-state index is 13.3. The molecule has 1 aliphatic heterocycles. The number of carbonyl (C=O) groups excluding carboxylic acids is 2. The van der Waals surface area contributed by atoms with E-state index >= 15 is 0 Å². The van der Waals surface area contributed by atoms with E-state index in [-0.39, 0.29) is 11.8 Å². The number of carbonyl (C=O) groups is 2. The lowest BCUT2D eigenvalue weighted by atomic mass is 10.1. The first-order valence-electron chi connectivity index (χ1n) is 9.80. The molecular formula is C22H23N5O2. The van der Waals surface area contributed by atoms with Crippen molar-refractivity contribution < 1.29 is 9.59 Å². The molecule has 29 heavy (non-hydrogen) atoms. The molecule has 1 saturated heterocycles. The van der Waals surface area contributed by atoms with E-state index in [1.165, 1.54) is 0 Å². The first-order valence-corrected chi connectivity index (χ1v) is 9.80. The number of amides is 2. The second-order valence-electron chi connectivity index (χ2n) is 6.94. The predicted octanol–water partition coefficient (Wildman–Crippen LogP) is 2.63. The summed E-state index contributed by atoms with van der Waals surface area (Å²) in [5, 5.41) is 4.69. The zero-order valence-corrected chi connectivity index (χ0v) is 16.4. The van der Waals surface area contributed by atoms with Gasteiger partial charge < -0.3 is 9.80 Å². The molecule has 0 aliphatic carbocycles. The summed E-state index contributed by atoms with van der Waals surface area (Å²) < 4.78 is 1.73. The standard InChI is InChI=1S/C22H23N5O2/c1-2-20(28)25-11-13-26(14-12-25)22(29)19-16-27(18-8-4-3-5-9-18)24-21(19)17-7-6-10-23-15-17/h3-10,15-16H,2,11-14H2,1H3. The molecule has 0 saturated carbocycles. The molecule has 1 aromatic carbocycles. The van der Waals surface area contributed by atoms with Crippen LogP contribution in [-0.2, 0) is 4.79 Å². The fourth-order valence-electron chi connectivity index (χ4n) is 3.51. The zero-order chi connectivity index (χ0) is 20.2. The van der Waals surface area contributed by atoms with Crippen molar-refractivity contribution >= 4 is 11.8 Å². The van der Waals surface area contributed by atoms with Gasteiger partial charge >= 0.3 is 0 Å². The van der Waals surface area contributed by atoms with Gasteiger partial charge in [-0.1, -0.05) is 25.1 Å². The van der Waals surface area contributed by atoms with Gasteiger partial charge in [-0.05, 0) is 24.3 Å². The van der Waals surface area contributed by atoms with Crippen molar-refractivity contribution in [2.45, 2.75) is 13.3 Å². The van der Waals surface area contributed by atoms with Crippen LogP contribution in [0.15, 0.2) is 61.1 Å². The fraction of sp³-hybridized carbons (Fsp3) is 0.273. The Kier molecular flexibility index (Phi) is 5.37. The number of piperazine rings is 1. The Morgan fingerprint density at radius 2 is 1.69 bits per heavy atom. The lowest BCUT2D eigenvalue weighted by molar-refractivity contribution is -0.132. The predicted molar refractivity (Wildman–Crippen MR) is 110 cm³/mol. The highest BCUT2D eigenvalue weighted by molar-refractivity contribution is 6.00. The van der Waals surface area contributed by atoms with Crippen LogP contribution >= 0.6 is 0 Å². The fourth-order valence-corrected chi connectivity index (χ4v) is 3.51. The largest absolute Gasteiger partial charge is 0.339 e. The third-order valence-corrected chi connectivity index (χ3v) is 5.12. The van der Waals surface area contributed by atoms with Crippen molar-refractivity contribution in [1.29, 1.82) is 0 Å². The van der Waals surface area contributed by atoms with Gasteiger partial charge in [-0.15, -0.1) is 0 Å². The first-order chi connectivity index (χ1) is 14.2. The van der Waals surface area contributed by atoms with Gasteiger partial charge in [0.2, 0.25) is 5.91 Å². The Hall–Kier alpha value is -3.48. The molecule has 0 radical (unpaired) electrons. The van der Waals surface area contributed by atoms with Gasteiger partial charge in [-0.3, -0.25) is 14.6 Å². The maximum Gasteiger partial charge on any atom is 0.257 e. The molecule has 0 unspecified atom stereocenters. The third-order valence-electron chi connectivity index (χ3n) is 5.12. The van der Waals surface area contributed by atoms with Gasteiger partial charge in [-0.2, -0.15) is 5.10 Å². The Morgan fingerprint density at radius 1 is 0.966 bits per heavy atom. The van der Waals surface area contributed by atoms with E-state index in [2.05, 4.69) is 10.1 Å². The Bertz CT molecular complexity index is 993. The van der Waals surface area contributed by atoms with Crippen LogP contribution in [0.25, 0.3) is 16.9 Å². The summed E-state index contributed by atoms with van der Waals surface area (Å²) in [5.74, 6) is 0.0553. The van der Waals surface area contributed by atoms with Crippen LogP contribution in [-0.4, -0.2) is 62.6 Å². The smallest absolute Gasteiger partial charge is 0.257 e. The molecule has 0 N–H and O–H groups in total. The van der Waals surface area contributed by atoms with E-state index in [9.17, 15) is 9.59 Å². The molecule has 7 nitrogen and oxygen atoms in total. The molecule has 148 valence electrons. The molecule has 2 aromatic heterocycles. The lowest BCUT2D eigenvalue weighted by Gasteiger charge is -2.34. The van der Waals surface area contributed by atoms with Gasteiger partial charge in [0.25, 0.3) is 5.91 Å². The number of nitrogens with zero attached hydrogens (tertiary/aromatic N) is 5. The minimum absolute atomic E-state index is 0.0744. The van der Waals surface area contributed by atoms with Crippen molar-refractivity contribution in [2.75, 3.05) is 26.2 Å². The van der Waals surface area contributed by atoms with Crippen molar-refractivity contribution in [3.63, 3.8) is 0 Å². The topological polar surface area (TPSA) is 71.3 Å². The van der Waals surface area contributed by atoms with Crippen molar-refractivity contribution in [3.05, 3.63) is 66.6 Å². The first kappa shape index (κ1) is 18.9. The summed E-state index contributed by atoms with van der Waals surface area (Å²) >= 11 is 0. The zero-order valence-electron chi connectivity index (χ0n) is 16.4. The molecule has 0 atom stereocenters. The highest BCUT2D eigenvalue weighted by Crippen LogP contribution is 2.25. The average molecular weight is 389 g/mol. The van der Waals surface area contributed by atoms with E-state index in [0.717, 1.165) is 11.3 Å². The molecule has 3 heterocycles. The number of para-hydroxylation sites is 1. The van der Waals surface area contributed by atoms with Crippen LogP contribution in [0, 0.1) is 0 Å². The van der Waals surface area contributed by atoms with E-state index in [0.29, 0.717) is 43.9 Å². The number of hydrogen-bond acceptors (Lipinski definition) is 4. The van der Waals surface area contributed by atoms with Crippen LogP contribution in [0.3, 0.4) is 0 Å². The van der Waals surface area contributed by atoms with Crippen molar-refractivity contribution in [2.24, 2.45) is 0 Å². The normalized spacial score (nSPS) is 14.1. The molecule has 1 aliphatic rings. The van der Waals surface area contributed by atoms with E-state index in [1.54, 1.807) is 28.2 Å². The molecule has 1 fully saturated rings.